The van der Waals surface area contributed by atoms with E-state index in [9.17, 15) is 0 Å². The highest BCUT2D eigenvalue weighted by molar-refractivity contribution is 5.81. The van der Waals surface area contributed by atoms with Gasteiger partial charge in [0, 0.05) is 24.2 Å². The molecule has 0 radical (unpaired) electrons. The van der Waals surface area contributed by atoms with Gasteiger partial charge >= 0.3 is 0 Å². The Hall–Kier alpha value is -0.730. The minimum absolute atomic E-state index is 0.474. The van der Waals surface area contributed by atoms with E-state index < -0.39 is 0 Å². The fourth-order valence-corrected chi connectivity index (χ4v) is 3.76. The summed E-state index contributed by atoms with van der Waals surface area (Å²) in [5, 5.41) is 0. The molecule has 1 saturated carbocycles. The van der Waals surface area contributed by atoms with E-state index >= 15 is 0 Å². The first-order chi connectivity index (χ1) is 10.3. The Morgan fingerprint density at radius 1 is 0.682 bits per heavy atom. The lowest BCUT2D eigenvalue weighted by molar-refractivity contribution is 0.196. The van der Waals surface area contributed by atoms with Gasteiger partial charge in [-0.25, -0.2) is 4.99 Å². The number of aliphatic imine (C=N–C) groups is 1. The number of rotatable bonds is 5. The summed E-state index contributed by atoms with van der Waals surface area (Å²) >= 11 is 0. The first-order valence-electron chi connectivity index (χ1n) is 9.40. The van der Waals surface area contributed by atoms with E-state index in [1.165, 1.54) is 38.1 Å². The standard InChI is InChI=1S/C19H39N3/c1-14(2)21(15(3)4)19(22(16(5)6)17(7)8)20-18-12-10-9-11-13-18/h14-18H,9-13H2,1-8H3. The monoisotopic (exact) mass is 309 g/mol. The van der Waals surface area contributed by atoms with Crippen molar-refractivity contribution in [2.75, 3.05) is 0 Å². The minimum atomic E-state index is 0.474. The quantitative estimate of drug-likeness (QED) is 0.530. The molecule has 0 bridgehead atoms. The van der Waals surface area contributed by atoms with Crippen LogP contribution in [0.4, 0.5) is 0 Å². The molecule has 0 unspecified atom stereocenters. The molecule has 0 amide bonds. The molecule has 1 aliphatic carbocycles. The zero-order chi connectivity index (χ0) is 16.9. The van der Waals surface area contributed by atoms with Crippen molar-refractivity contribution in [3.05, 3.63) is 0 Å². The zero-order valence-electron chi connectivity index (χ0n) is 16.3. The van der Waals surface area contributed by atoms with Crippen LogP contribution >= 0.6 is 0 Å². The molecule has 1 rings (SSSR count). The molecule has 0 atom stereocenters. The van der Waals surface area contributed by atoms with Crippen LogP contribution in [-0.2, 0) is 0 Å². The van der Waals surface area contributed by atoms with Crippen molar-refractivity contribution in [3.8, 4) is 0 Å². The van der Waals surface area contributed by atoms with Gasteiger partial charge < -0.3 is 9.80 Å². The molecule has 0 aromatic carbocycles. The van der Waals surface area contributed by atoms with Crippen molar-refractivity contribution in [2.45, 2.75) is 118 Å². The van der Waals surface area contributed by atoms with Crippen LogP contribution < -0.4 is 0 Å². The molecule has 0 aromatic heterocycles. The predicted octanol–water partition coefficient (Wildman–Crippen LogP) is 4.91. The second-order valence-electron chi connectivity index (χ2n) is 7.91. The Morgan fingerprint density at radius 2 is 1.05 bits per heavy atom. The van der Waals surface area contributed by atoms with Crippen LogP contribution in [0.25, 0.3) is 0 Å². The van der Waals surface area contributed by atoms with Crippen molar-refractivity contribution in [2.24, 2.45) is 4.99 Å². The Balaban J connectivity index is 3.19. The molecular formula is C19H39N3. The normalized spacial score (nSPS) is 16.7. The number of guanidine groups is 1. The van der Waals surface area contributed by atoms with Crippen LogP contribution in [0.3, 0.4) is 0 Å². The van der Waals surface area contributed by atoms with E-state index in [0.717, 1.165) is 0 Å². The summed E-state index contributed by atoms with van der Waals surface area (Å²) in [5.74, 6) is 1.22. The number of hydrogen-bond donors (Lipinski definition) is 0. The SMILES string of the molecule is CC(C)N(C(=NC1CCCCC1)N(C(C)C)C(C)C)C(C)C. The van der Waals surface area contributed by atoms with Gasteiger partial charge in [-0.3, -0.25) is 0 Å². The molecule has 1 fully saturated rings. The molecule has 1 aliphatic rings. The van der Waals surface area contributed by atoms with E-state index in [4.69, 9.17) is 4.99 Å². The largest absolute Gasteiger partial charge is 0.338 e. The minimum Gasteiger partial charge on any atom is -0.338 e. The fraction of sp³-hybridized carbons (Fsp3) is 0.947. The molecule has 130 valence electrons. The van der Waals surface area contributed by atoms with Crippen LogP contribution in [-0.4, -0.2) is 46.0 Å². The second kappa shape index (κ2) is 8.79. The second-order valence-corrected chi connectivity index (χ2v) is 7.91. The smallest absolute Gasteiger partial charge is 0.197 e. The van der Waals surface area contributed by atoms with Gasteiger partial charge in [0.2, 0.25) is 0 Å². The number of hydrogen-bond acceptors (Lipinski definition) is 1. The van der Waals surface area contributed by atoms with Gasteiger partial charge in [-0.15, -0.1) is 0 Å². The summed E-state index contributed by atoms with van der Waals surface area (Å²) in [4.78, 5) is 10.3. The van der Waals surface area contributed by atoms with Crippen LogP contribution in [0, 0.1) is 0 Å². The van der Waals surface area contributed by atoms with E-state index in [-0.39, 0.29) is 0 Å². The van der Waals surface area contributed by atoms with Crippen molar-refractivity contribution in [1.82, 2.24) is 9.80 Å². The van der Waals surface area contributed by atoms with Gasteiger partial charge in [-0.2, -0.15) is 0 Å². The van der Waals surface area contributed by atoms with Crippen LogP contribution in [0.1, 0.15) is 87.5 Å². The Bertz CT molecular complexity index is 301. The first-order valence-corrected chi connectivity index (χ1v) is 9.40. The van der Waals surface area contributed by atoms with E-state index in [1.54, 1.807) is 0 Å². The molecular weight excluding hydrogens is 270 g/mol. The zero-order valence-corrected chi connectivity index (χ0v) is 16.3. The maximum Gasteiger partial charge on any atom is 0.197 e. The Morgan fingerprint density at radius 3 is 1.36 bits per heavy atom. The van der Waals surface area contributed by atoms with Crippen molar-refractivity contribution >= 4 is 5.96 Å². The summed E-state index contributed by atoms with van der Waals surface area (Å²) in [6, 6.07) is 2.41. The highest BCUT2D eigenvalue weighted by Crippen LogP contribution is 2.23. The summed E-state index contributed by atoms with van der Waals surface area (Å²) in [6.45, 7) is 18.3. The third kappa shape index (κ3) is 5.17. The molecule has 0 aliphatic heterocycles. The van der Waals surface area contributed by atoms with Gasteiger partial charge in [0.15, 0.2) is 5.96 Å². The lowest BCUT2D eigenvalue weighted by atomic mass is 9.96. The molecule has 0 spiro atoms. The molecule has 0 saturated heterocycles. The average molecular weight is 310 g/mol. The van der Waals surface area contributed by atoms with Crippen LogP contribution in [0.5, 0.6) is 0 Å². The maximum atomic E-state index is 5.29. The van der Waals surface area contributed by atoms with Crippen molar-refractivity contribution in [1.29, 1.82) is 0 Å². The van der Waals surface area contributed by atoms with Crippen LogP contribution in [0.2, 0.25) is 0 Å². The van der Waals surface area contributed by atoms with Crippen LogP contribution in [0.15, 0.2) is 4.99 Å². The topological polar surface area (TPSA) is 18.8 Å². The molecule has 0 aromatic rings. The van der Waals surface area contributed by atoms with E-state index in [2.05, 4.69) is 65.2 Å². The molecule has 0 N–H and O–H groups in total. The molecule has 22 heavy (non-hydrogen) atoms. The molecule has 0 heterocycles. The van der Waals surface area contributed by atoms with Gasteiger partial charge in [-0.1, -0.05) is 19.3 Å². The average Bonchev–Trinajstić information content (AvgIpc) is 2.37. The Labute approximate surface area is 139 Å². The lowest BCUT2D eigenvalue weighted by Crippen LogP contribution is -2.55. The summed E-state index contributed by atoms with van der Waals surface area (Å²) in [7, 11) is 0. The lowest BCUT2D eigenvalue weighted by Gasteiger charge is -2.44. The van der Waals surface area contributed by atoms with Gasteiger partial charge in [0.1, 0.15) is 0 Å². The van der Waals surface area contributed by atoms with Gasteiger partial charge in [0.25, 0.3) is 0 Å². The highest BCUT2D eigenvalue weighted by atomic mass is 15.4. The molecule has 3 heteroatoms. The van der Waals surface area contributed by atoms with E-state index in [1.807, 2.05) is 0 Å². The summed E-state index contributed by atoms with van der Waals surface area (Å²) < 4.78 is 0. The van der Waals surface area contributed by atoms with Gasteiger partial charge in [-0.05, 0) is 68.2 Å². The third-order valence-electron chi connectivity index (χ3n) is 4.56. The summed E-state index contributed by atoms with van der Waals surface area (Å²) in [5.41, 5.74) is 0. The Kier molecular flexibility index (Phi) is 7.71. The third-order valence-corrected chi connectivity index (χ3v) is 4.56. The van der Waals surface area contributed by atoms with E-state index in [0.29, 0.717) is 30.2 Å². The summed E-state index contributed by atoms with van der Waals surface area (Å²) in [6.07, 6.45) is 6.59. The van der Waals surface area contributed by atoms with Crippen molar-refractivity contribution in [3.63, 3.8) is 0 Å². The van der Waals surface area contributed by atoms with Gasteiger partial charge in [0.05, 0.1) is 6.04 Å². The predicted molar refractivity (Wildman–Crippen MR) is 98.5 cm³/mol. The molecule has 3 nitrogen and oxygen atoms in total. The number of nitrogens with zero attached hydrogens (tertiary/aromatic N) is 3. The fourth-order valence-electron chi connectivity index (χ4n) is 3.76. The first kappa shape index (κ1) is 19.3. The maximum absolute atomic E-state index is 5.29. The van der Waals surface area contributed by atoms with Crippen molar-refractivity contribution < 1.29 is 0 Å². The highest BCUT2D eigenvalue weighted by Gasteiger charge is 2.28.